The Morgan fingerprint density at radius 3 is 2.64 bits per heavy atom. The van der Waals surface area contributed by atoms with E-state index < -0.39 is 0 Å². The molecule has 0 atom stereocenters. The maximum absolute atomic E-state index is 12.8. The lowest BCUT2D eigenvalue weighted by atomic mass is 10.1. The van der Waals surface area contributed by atoms with E-state index in [2.05, 4.69) is 0 Å². The Morgan fingerprint density at radius 2 is 1.86 bits per heavy atom. The van der Waals surface area contributed by atoms with Gasteiger partial charge in [0.05, 0.1) is 0 Å². The molecule has 0 aliphatic rings. The van der Waals surface area contributed by atoms with Crippen LogP contribution in [0.1, 0.15) is 11.1 Å². The van der Waals surface area contributed by atoms with Crippen molar-refractivity contribution in [3.05, 3.63) is 77.7 Å². The molecule has 0 fully saturated rings. The predicted molar refractivity (Wildman–Crippen MR) is 87.1 cm³/mol. The van der Waals surface area contributed by atoms with Gasteiger partial charge in [0.25, 0.3) is 0 Å². The first-order valence-corrected chi connectivity index (χ1v) is 7.13. The molecule has 1 heterocycles. The largest absolute Gasteiger partial charge is 0.350 e. The van der Waals surface area contributed by atoms with Crippen molar-refractivity contribution in [3.63, 3.8) is 0 Å². The molecule has 0 bridgehead atoms. The highest BCUT2D eigenvalue weighted by atomic mass is 19.1. The average molecular weight is 293 g/mol. The van der Waals surface area contributed by atoms with Crippen molar-refractivity contribution in [2.24, 2.45) is 7.05 Å². The highest BCUT2D eigenvalue weighted by molar-refractivity contribution is 5.98. The summed E-state index contributed by atoms with van der Waals surface area (Å²) in [6.45, 7) is 0. The lowest BCUT2D eigenvalue weighted by Gasteiger charge is -1.96. The third-order valence-corrected chi connectivity index (χ3v) is 3.68. The second kappa shape index (κ2) is 5.98. The zero-order chi connectivity index (χ0) is 15.5. The summed E-state index contributed by atoms with van der Waals surface area (Å²) >= 11 is 0. The molecule has 22 heavy (non-hydrogen) atoms. The standard InChI is InChI=1S/C19H16FNO/c1-21-13-15(18-4-2-3-5-19(18)21)12-17(22)11-8-14-6-9-16(20)10-7-14/h2-11,13H,12H2,1H3/b11-8+. The number of aromatic nitrogens is 1. The SMILES string of the molecule is Cn1cc(CC(=O)/C=C/c2ccc(F)cc2)c2ccccc21. The van der Waals surface area contributed by atoms with Gasteiger partial charge in [-0.1, -0.05) is 36.4 Å². The van der Waals surface area contributed by atoms with Crippen LogP contribution in [0.4, 0.5) is 4.39 Å². The Bertz CT molecular complexity index is 844. The van der Waals surface area contributed by atoms with Gasteiger partial charge in [0, 0.05) is 30.6 Å². The van der Waals surface area contributed by atoms with E-state index in [0.717, 1.165) is 22.0 Å². The fourth-order valence-electron chi connectivity index (χ4n) is 2.58. The zero-order valence-corrected chi connectivity index (χ0v) is 12.3. The summed E-state index contributed by atoms with van der Waals surface area (Å²) in [5, 5.41) is 1.11. The molecule has 0 radical (unpaired) electrons. The van der Waals surface area contributed by atoms with Crippen molar-refractivity contribution in [2.75, 3.05) is 0 Å². The number of fused-ring (bicyclic) bond motifs is 1. The maximum Gasteiger partial charge on any atom is 0.160 e. The van der Waals surface area contributed by atoms with Crippen molar-refractivity contribution in [1.29, 1.82) is 0 Å². The summed E-state index contributed by atoms with van der Waals surface area (Å²) in [5.41, 5.74) is 2.95. The number of carbonyl (C=O) groups is 1. The van der Waals surface area contributed by atoms with Gasteiger partial charge in [-0.3, -0.25) is 4.79 Å². The zero-order valence-electron chi connectivity index (χ0n) is 12.3. The van der Waals surface area contributed by atoms with Gasteiger partial charge in [0.15, 0.2) is 5.78 Å². The fourth-order valence-corrected chi connectivity index (χ4v) is 2.58. The van der Waals surface area contributed by atoms with Crippen molar-refractivity contribution < 1.29 is 9.18 Å². The minimum atomic E-state index is -0.278. The van der Waals surface area contributed by atoms with Crippen LogP contribution in [0.15, 0.2) is 60.8 Å². The van der Waals surface area contributed by atoms with Crippen LogP contribution in [0, 0.1) is 5.82 Å². The van der Waals surface area contributed by atoms with Gasteiger partial charge in [-0.05, 0) is 35.4 Å². The van der Waals surface area contributed by atoms with Gasteiger partial charge in [0.1, 0.15) is 5.82 Å². The molecule has 2 aromatic carbocycles. The molecule has 0 spiro atoms. The van der Waals surface area contributed by atoms with Gasteiger partial charge < -0.3 is 4.57 Å². The van der Waals surface area contributed by atoms with Crippen LogP contribution >= 0.6 is 0 Å². The van der Waals surface area contributed by atoms with Crippen LogP contribution in [-0.2, 0) is 18.3 Å². The van der Waals surface area contributed by atoms with Crippen molar-refractivity contribution >= 4 is 22.8 Å². The smallest absolute Gasteiger partial charge is 0.160 e. The number of ketones is 1. The summed E-state index contributed by atoms with van der Waals surface area (Å²) in [6, 6.07) is 14.1. The van der Waals surface area contributed by atoms with E-state index in [9.17, 15) is 9.18 Å². The van der Waals surface area contributed by atoms with E-state index in [1.165, 1.54) is 12.1 Å². The van der Waals surface area contributed by atoms with E-state index in [4.69, 9.17) is 0 Å². The summed E-state index contributed by atoms with van der Waals surface area (Å²) in [6.07, 6.45) is 5.62. The Hall–Kier alpha value is -2.68. The third-order valence-electron chi connectivity index (χ3n) is 3.68. The molecule has 0 unspecified atom stereocenters. The molecule has 0 aliphatic heterocycles. The molecule has 0 saturated heterocycles. The first-order chi connectivity index (χ1) is 10.6. The molecule has 1 aromatic heterocycles. The molecular formula is C19H16FNO. The first kappa shape index (κ1) is 14.3. The minimum absolute atomic E-state index is 0.0284. The van der Waals surface area contributed by atoms with Crippen LogP contribution in [0.25, 0.3) is 17.0 Å². The molecule has 0 aliphatic carbocycles. The third kappa shape index (κ3) is 2.98. The molecule has 0 saturated carbocycles. The van der Waals surface area contributed by atoms with Crippen molar-refractivity contribution in [1.82, 2.24) is 4.57 Å². The fraction of sp³-hybridized carbons (Fsp3) is 0.105. The van der Waals surface area contributed by atoms with Crippen LogP contribution in [0.3, 0.4) is 0 Å². The number of halogens is 1. The van der Waals surface area contributed by atoms with Crippen LogP contribution < -0.4 is 0 Å². The number of allylic oxidation sites excluding steroid dienone is 1. The average Bonchev–Trinajstić information content (AvgIpc) is 2.83. The van der Waals surface area contributed by atoms with E-state index in [-0.39, 0.29) is 11.6 Å². The molecule has 110 valence electrons. The van der Waals surface area contributed by atoms with Gasteiger partial charge in [-0.25, -0.2) is 4.39 Å². The predicted octanol–water partition coefficient (Wildman–Crippen LogP) is 4.14. The Kier molecular flexibility index (Phi) is 3.88. The maximum atomic E-state index is 12.8. The summed E-state index contributed by atoms with van der Waals surface area (Å²) in [7, 11) is 1.98. The topological polar surface area (TPSA) is 22.0 Å². The molecular weight excluding hydrogens is 277 g/mol. The van der Waals surface area contributed by atoms with Gasteiger partial charge in [-0.15, -0.1) is 0 Å². The number of carbonyl (C=O) groups excluding carboxylic acids is 1. The Morgan fingerprint density at radius 1 is 1.14 bits per heavy atom. The Labute approximate surface area is 128 Å². The number of rotatable bonds is 4. The number of aryl methyl sites for hydroxylation is 1. The minimum Gasteiger partial charge on any atom is -0.350 e. The van der Waals surface area contributed by atoms with E-state index in [1.807, 2.05) is 42.1 Å². The molecule has 2 nitrogen and oxygen atoms in total. The van der Waals surface area contributed by atoms with Crippen molar-refractivity contribution in [2.45, 2.75) is 6.42 Å². The number of para-hydroxylation sites is 1. The summed E-state index contributed by atoms with van der Waals surface area (Å²) in [4.78, 5) is 12.1. The summed E-state index contributed by atoms with van der Waals surface area (Å²) in [5.74, 6) is -0.250. The van der Waals surface area contributed by atoms with Crippen LogP contribution in [0.2, 0.25) is 0 Å². The lowest BCUT2D eigenvalue weighted by molar-refractivity contribution is -0.113. The highest BCUT2D eigenvalue weighted by Crippen LogP contribution is 2.21. The highest BCUT2D eigenvalue weighted by Gasteiger charge is 2.08. The first-order valence-electron chi connectivity index (χ1n) is 7.13. The lowest BCUT2D eigenvalue weighted by Crippen LogP contribution is -1.97. The Balaban J connectivity index is 1.77. The van der Waals surface area contributed by atoms with Gasteiger partial charge in [-0.2, -0.15) is 0 Å². The van der Waals surface area contributed by atoms with Crippen LogP contribution in [0.5, 0.6) is 0 Å². The van der Waals surface area contributed by atoms with E-state index in [0.29, 0.717) is 6.42 Å². The second-order valence-electron chi connectivity index (χ2n) is 5.31. The quantitative estimate of drug-likeness (QED) is 0.663. The monoisotopic (exact) mass is 293 g/mol. The number of hydrogen-bond acceptors (Lipinski definition) is 1. The number of benzene rings is 2. The summed E-state index contributed by atoms with van der Waals surface area (Å²) < 4.78 is 14.9. The number of hydrogen-bond donors (Lipinski definition) is 0. The van der Waals surface area contributed by atoms with Crippen LogP contribution in [-0.4, -0.2) is 10.4 Å². The molecule has 0 N–H and O–H groups in total. The molecule has 3 heteroatoms. The molecule has 3 rings (SSSR count). The van der Waals surface area contributed by atoms with Gasteiger partial charge in [0.2, 0.25) is 0 Å². The molecule has 0 amide bonds. The van der Waals surface area contributed by atoms with Crippen molar-refractivity contribution in [3.8, 4) is 0 Å². The van der Waals surface area contributed by atoms with E-state index in [1.54, 1.807) is 24.3 Å². The van der Waals surface area contributed by atoms with Gasteiger partial charge >= 0.3 is 0 Å². The molecule has 3 aromatic rings. The second-order valence-corrected chi connectivity index (χ2v) is 5.31. The normalized spacial score (nSPS) is 11.4. The number of nitrogens with zero attached hydrogens (tertiary/aromatic N) is 1. The van der Waals surface area contributed by atoms with E-state index >= 15 is 0 Å².